The second kappa shape index (κ2) is 18.5. The summed E-state index contributed by atoms with van der Waals surface area (Å²) in [5, 5.41) is 0. The first kappa shape index (κ1) is 19.5. The first-order chi connectivity index (χ1) is 9.91. The minimum Gasteiger partial charge on any atom is -0.0882 e. The van der Waals surface area contributed by atoms with Crippen LogP contribution in [0, 0.1) is 0 Å². The molecule has 0 nitrogen and oxygen atoms in total. The first-order valence-corrected chi connectivity index (χ1v) is 9.21. The highest BCUT2D eigenvalue weighted by Crippen LogP contribution is 2.09. The van der Waals surface area contributed by atoms with Crippen molar-refractivity contribution in [1.82, 2.24) is 0 Å². The van der Waals surface area contributed by atoms with E-state index < -0.39 is 0 Å². The molecule has 0 aromatic heterocycles. The summed E-state index contributed by atoms with van der Waals surface area (Å²) in [6.07, 6.45) is 28.5. The maximum atomic E-state index is 2.37. The second-order valence-electron chi connectivity index (χ2n) is 5.94. The van der Waals surface area contributed by atoms with Crippen molar-refractivity contribution in [3.63, 3.8) is 0 Å². The van der Waals surface area contributed by atoms with Crippen LogP contribution in [0.2, 0.25) is 0 Å². The van der Waals surface area contributed by atoms with Crippen LogP contribution in [0.1, 0.15) is 104 Å². The standard InChI is InChI=1S/C20H38/c1-3-5-7-9-11-13-15-17-19-20-18-16-14-12-10-8-6-4-2/h11,13,17,19H,3-10,12,14-16,18,20H2,1-2H3. The number of unbranched alkanes of at least 4 members (excludes halogenated alkanes) is 11. The molecule has 0 bridgehead atoms. The summed E-state index contributed by atoms with van der Waals surface area (Å²) in [5.74, 6) is 0. The van der Waals surface area contributed by atoms with Crippen molar-refractivity contribution >= 4 is 0 Å². The molecule has 0 rings (SSSR count). The van der Waals surface area contributed by atoms with E-state index in [4.69, 9.17) is 0 Å². The maximum Gasteiger partial charge on any atom is -0.0169 e. The third kappa shape index (κ3) is 17.5. The Hall–Kier alpha value is -0.520. The summed E-state index contributed by atoms with van der Waals surface area (Å²) < 4.78 is 0. The van der Waals surface area contributed by atoms with Gasteiger partial charge in [0.05, 0.1) is 0 Å². The molecule has 0 fully saturated rings. The Labute approximate surface area is 128 Å². The molecule has 0 heteroatoms. The molecule has 0 aromatic carbocycles. The lowest BCUT2D eigenvalue weighted by Gasteiger charge is -1.99. The van der Waals surface area contributed by atoms with Crippen LogP contribution in [0.25, 0.3) is 0 Å². The van der Waals surface area contributed by atoms with Gasteiger partial charge in [0, 0.05) is 0 Å². The molecule has 20 heavy (non-hydrogen) atoms. The van der Waals surface area contributed by atoms with Crippen molar-refractivity contribution in [2.24, 2.45) is 0 Å². The van der Waals surface area contributed by atoms with Crippen LogP contribution in [-0.4, -0.2) is 0 Å². The summed E-state index contributed by atoms with van der Waals surface area (Å²) in [7, 11) is 0. The Morgan fingerprint density at radius 2 is 0.850 bits per heavy atom. The zero-order chi connectivity index (χ0) is 14.7. The van der Waals surface area contributed by atoms with Crippen molar-refractivity contribution < 1.29 is 0 Å². The summed E-state index contributed by atoms with van der Waals surface area (Å²) >= 11 is 0. The summed E-state index contributed by atoms with van der Waals surface area (Å²) in [6.45, 7) is 4.55. The molecule has 0 radical (unpaired) electrons. The molecular weight excluding hydrogens is 240 g/mol. The van der Waals surface area contributed by atoms with Crippen molar-refractivity contribution in [2.75, 3.05) is 0 Å². The Morgan fingerprint density at radius 3 is 1.40 bits per heavy atom. The molecule has 0 N–H and O–H groups in total. The SMILES string of the molecule is CCCCCC=CCC=CCCCCCCCCCC. The molecule has 0 aliphatic carbocycles. The van der Waals surface area contributed by atoms with Gasteiger partial charge in [-0.3, -0.25) is 0 Å². The van der Waals surface area contributed by atoms with E-state index in [9.17, 15) is 0 Å². The molecule has 0 aromatic rings. The lowest BCUT2D eigenvalue weighted by molar-refractivity contribution is 0.577. The Balaban J connectivity index is 3.12. The number of hydrogen-bond donors (Lipinski definition) is 0. The quantitative estimate of drug-likeness (QED) is 0.214. The van der Waals surface area contributed by atoms with E-state index in [1.54, 1.807) is 0 Å². The van der Waals surface area contributed by atoms with Crippen LogP contribution < -0.4 is 0 Å². The van der Waals surface area contributed by atoms with Crippen LogP contribution in [0.3, 0.4) is 0 Å². The highest BCUT2D eigenvalue weighted by molar-refractivity contribution is 4.92. The van der Waals surface area contributed by atoms with Crippen LogP contribution in [0.4, 0.5) is 0 Å². The van der Waals surface area contributed by atoms with Crippen molar-refractivity contribution in [2.45, 2.75) is 104 Å². The van der Waals surface area contributed by atoms with Gasteiger partial charge < -0.3 is 0 Å². The predicted molar refractivity (Wildman–Crippen MR) is 94.3 cm³/mol. The third-order valence-corrected chi connectivity index (χ3v) is 3.80. The molecule has 0 atom stereocenters. The van der Waals surface area contributed by atoms with Gasteiger partial charge in [0.15, 0.2) is 0 Å². The average Bonchev–Trinajstić information content (AvgIpc) is 2.47. The minimum atomic E-state index is 1.13. The molecule has 0 amide bonds. The molecule has 0 saturated heterocycles. The molecule has 0 saturated carbocycles. The van der Waals surface area contributed by atoms with Gasteiger partial charge in [-0.05, 0) is 32.1 Å². The largest absolute Gasteiger partial charge is 0.0882 e. The van der Waals surface area contributed by atoms with Gasteiger partial charge in [-0.2, -0.15) is 0 Å². The van der Waals surface area contributed by atoms with Gasteiger partial charge in [0.1, 0.15) is 0 Å². The lowest BCUT2D eigenvalue weighted by atomic mass is 10.1. The Kier molecular flexibility index (Phi) is 18.0. The Morgan fingerprint density at radius 1 is 0.450 bits per heavy atom. The summed E-state index contributed by atoms with van der Waals surface area (Å²) in [5.41, 5.74) is 0. The van der Waals surface area contributed by atoms with Gasteiger partial charge in [-0.15, -0.1) is 0 Å². The number of hydrogen-bond acceptors (Lipinski definition) is 0. The van der Waals surface area contributed by atoms with Crippen molar-refractivity contribution in [3.05, 3.63) is 24.3 Å². The van der Waals surface area contributed by atoms with E-state index in [-0.39, 0.29) is 0 Å². The van der Waals surface area contributed by atoms with Crippen LogP contribution in [0.5, 0.6) is 0 Å². The predicted octanol–water partition coefficient (Wildman–Crippen LogP) is 7.60. The normalized spacial score (nSPS) is 11.9. The fourth-order valence-corrected chi connectivity index (χ4v) is 2.41. The first-order valence-electron chi connectivity index (χ1n) is 9.21. The van der Waals surface area contributed by atoms with Crippen molar-refractivity contribution in [1.29, 1.82) is 0 Å². The van der Waals surface area contributed by atoms with Gasteiger partial charge in [0.2, 0.25) is 0 Å². The summed E-state index contributed by atoms with van der Waals surface area (Å²) in [6, 6.07) is 0. The third-order valence-electron chi connectivity index (χ3n) is 3.80. The highest BCUT2D eigenvalue weighted by Gasteiger charge is 1.90. The van der Waals surface area contributed by atoms with E-state index in [1.807, 2.05) is 0 Å². The second-order valence-corrected chi connectivity index (χ2v) is 5.94. The van der Waals surface area contributed by atoms with Gasteiger partial charge in [-0.25, -0.2) is 0 Å². The monoisotopic (exact) mass is 278 g/mol. The summed E-state index contributed by atoms with van der Waals surface area (Å²) in [4.78, 5) is 0. The smallest absolute Gasteiger partial charge is 0.0169 e. The Bertz CT molecular complexity index is 212. The van der Waals surface area contributed by atoms with E-state index in [0.29, 0.717) is 0 Å². The number of allylic oxidation sites excluding steroid dienone is 4. The molecular formula is C20H38. The molecule has 0 aliphatic rings. The fraction of sp³-hybridized carbons (Fsp3) is 0.800. The fourth-order valence-electron chi connectivity index (χ4n) is 2.41. The molecule has 118 valence electrons. The van der Waals surface area contributed by atoms with Crippen LogP contribution in [-0.2, 0) is 0 Å². The maximum absolute atomic E-state index is 2.37. The van der Waals surface area contributed by atoms with Gasteiger partial charge in [0.25, 0.3) is 0 Å². The molecule has 0 aliphatic heterocycles. The molecule has 0 heterocycles. The van der Waals surface area contributed by atoms with Crippen LogP contribution in [0.15, 0.2) is 24.3 Å². The average molecular weight is 279 g/mol. The van der Waals surface area contributed by atoms with Gasteiger partial charge >= 0.3 is 0 Å². The minimum absolute atomic E-state index is 1.13. The van der Waals surface area contributed by atoms with E-state index in [2.05, 4.69) is 38.2 Å². The topological polar surface area (TPSA) is 0 Å². The lowest BCUT2D eigenvalue weighted by Crippen LogP contribution is -1.79. The van der Waals surface area contributed by atoms with Crippen molar-refractivity contribution in [3.8, 4) is 0 Å². The van der Waals surface area contributed by atoms with Crippen LogP contribution >= 0.6 is 0 Å². The van der Waals surface area contributed by atoms with E-state index in [1.165, 1.54) is 83.5 Å². The van der Waals surface area contributed by atoms with E-state index >= 15 is 0 Å². The molecule has 0 spiro atoms. The number of rotatable bonds is 15. The van der Waals surface area contributed by atoms with E-state index in [0.717, 1.165) is 6.42 Å². The zero-order valence-electron chi connectivity index (χ0n) is 14.2. The highest BCUT2D eigenvalue weighted by atomic mass is 14.0. The van der Waals surface area contributed by atoms with Gasteiger partial charge in [-0.1, -0.05) is 95.9 Å². The zero-order valence-corrected chi connectivity index (χ0v) is 14.2. The molecule has 0 unspecified atom stereocenters.